The Morgan fingerprint density at radius 2 is 1.94 bits per heavy atom. The standard InChI is InChI=1S/C22H25N3O6S/c1-2-24(14-17-6-4-8-19-21(17)31-12-11-30-19)22(27)16-5-3-7-18(13-16)32(28,29)25-10-9-23-20(26)15-25/h3-8,13H,2,9-12,14-15H2,1H3,(H,23,26). The van der Waals surface area contributed by atoms with Gasteiger partial charge in [-0.1, -0.05) is 18.2 Å². The zero-order valence-electron chi connectivity index (χ0n) is 17.7. The van der Waals surface area contributed by atoms with Crippen LogP contribution in [-0.4, -0.2) is 68.8 Å². The van der Waals surface area contributed by atoms with Crippen molar-refractivity contribution in [2.45, 2.75) is 18.4 Å². The second kappa shape index (κ2) is 9.17. The van der Waals surface area contributed by atoms with Crippen molar-refractivity contribution in [3.63, 3.8) is 0 Å². The van der Waals surface area contributed by atoms with Gasteiger partial charge < -0.3 is 19.7 Å². The van der Waals surface area contributed by atoms with E-state index in [1.807, 2.05) is 25.1 Å². The minimum atomic E-state index is -3.89. The predicted octanol–water partition coefficient (Wildman–Crippen LogP) is 1.24. The van der Waals surface area contributed by atoms with Crippen LogP contribution in [0.1, 0.15) is 22.8 Å². The molecule has 1 fully saturated rings. The second-order valence-corrected chi connectivity index (χ2v) is 9.41. The average molecular weight is 460 g/mol. The molecule has 0 aliphatic carbocycles. The van der Waals surface area contributed by atoms with Crippen LogP contribution in [0.5, 0.6) is 11.5 Å². The molecule has 2 amide bonds. The average Bonchev–Trinajstić information content (AvgIpc) is 2.82. The summed E-state index contributed by atoms with van der Waals surface area (Å²) in [5, 5.41) is 2.61. The van der Waals surface area contributed by atoms with Crippen LogP contribution < -0.4 is 14.8 Å². The Bertz CT molecular complexity index is 1130. The van der Waals surface area contributed by atoms with E-state index in [2.05, 4.69) is 5.32 Å². The molecule has 0 atom stereocenters. The molecular formula is C22H25N3O6S. The molecule has 32 heavy (non-hydrogen) atoms. The number of rotatable bonds is 6. The topological polar surface area (TPSA) is 105 Å². The van der Waals surface area contributed by atoms with Gasteiger partial charge in [-0.3, -0.25) is 9.59 Å². The maximum absolute atomic E-state index is 13.2. The molecule has 1 saturated heterocycles. The van der Waals surface area contributed by atoms with Crippen LogP contribution in [0.25, 0.3) is 0 Å². The number of ether oxygens (including phenoxy) is 2. The van der Waals surface area contributed by atoms with Gasteiger partial charge >= 0.3 is 0 Å². The summed E-state index contributed by atoms with van der Waals surface area (Å²) in [6.45, 7) is 3.71. The highest BCUT2D eigenvalue weighted by molar-refractivity contribution is 7.89. The zero-order valence-corrected chi connectivity index (χ0v) is 18.6. The predicted molar refractivity (Wildman–Crippen MR) is 116 cm³/mol. The molecule has 0 saturated carbocycles. The third-order valence-electron chi connectivity index (χ3n) is 5.40. The van der Waals surface area contributed by atoms with Crippen molar-refractivity contribution in [1.29, 1.82) is 0 Å². The summed E-state index contributed by atoms with van der Waals surface area (Å²) < 4.78 is 38.5. The van der Waals surface area contributed by atoms with Crippen LogP contribution in [0.2, 0.25) is 0 Å². The van der Waals surface area contributed by atoms with Gasteiger partial charge in [0.15, 0.2) is 11.5 Å². The second-order valence-electron chi connectivity index (χ2n) is 7.48. The van der Waals surface area contributed by atoms with Crippen molar-refractivity contribution < 1.29 is 27.5 Å². The maximum atomic E-state index is 13.2. The van der Waals surface area contributed by atoms with Crippen molar-refractivity contribution >= 4 is 21.8 Å². The number of amides is 2. The monoisotopic (exact) mass is 459 g/mol. The van der Waals surface area contributed by atoms with Crippen LogP contribution >= 0.6 is 0 Å². The number of carbonyl (C=O) groups is 2. The lowest BCUT2D eigenvalue weighted by atomic mass is 10.1. The SMILES string of the molecule is CCN(Cc1cccc2c1OCCO2)C(=O)c1cccc(S(=O)(=O)N2CCNC(=O)C2)c1. The molecule has 0 aromatic heterocycles. The summed E-state index contributed by atoms with van der Waals surface area (Å²) in [7, 11) is -3.89. The van der Waals surface area contributed by atoms with E-state index < -0.39 is 10.0 Å². The van der Waals surface area contributed by atoms with Crippen molar-refractivity contribution in [3.8, 4) is 11.5 Å². The normalized spacial score (nSPS) is 16.3. The fourth-order valence-electron chi connectivity index (χ4n) is 3.73. The van der Waals surface area contributed by atoms with E-state index in [1.54, 1.807) is 17.0 Å². The van der Waals surface area contributed by atoms with Crippen molar-refractivity contribution in [1.82, 2.24) is 14.5 Å². The van der Waals surface area contributed by atoms with Crippen LogP contribution in [0.3, 0.4) is 0 Å². The number of piperazine rings is 1. The third-order valence-corrected chi connectivity index (χ3v) is 7.24. The Kier molecular flexibility index (Phi) is 6.33. The molecule has 0 bridgehead atoms. The Hall–Kier alpha value is -3.11. The summed E-state index contributed by atoms with van der Waals surface area (Å²) in [4.78, 5) is 26.5. The summed E-state index contributed by atoms with van der Waals surface area (Å²) in [5.41, 5.74) is 1.08. The smallest absolute Gasteiger partial charge is 0.254 e. The van der Waals surface area contributed by atoms with E-state index in [9.17, 15) is 18.0 Å². The van der Waals surface area contributed by atoms with Gasteiger partial charge in [0.05, 0.1) is 11.4 Å². The van der Waals surface area contributed by atoms with Crippen molar-refractivity contribution in [2.75, 3.05) is 39.4 Å². The largest absolute Gasteiger partial charge is 0.486 e. The first-order valence-corrected chi connectivity index (χ1v) is 11.9. The van der Waals surface area contributed by atoms with Crippen molar-refractivity contribution in [3.05, 3.63) is 53.6 Å². The van der Waals surface area contributed by atoms with Gasteiger partial charge in [-0.15, -0.1) is 0 Å². The first-order chi connectivity index (χ1) is 15.4. The molecule has 2 aliphatic heterocycles. The molecule has 2 aromatic carbocycles. The highest BCUT2D eigenvalue weighted by Gasteiger charge is 2.30. The van der Waals surface area contributed by atoms with Crippen LogP contribution in [0.4, 0.5) is 0 Å². The molecule has 1 N–H and O–H groups in total. The minimum Gasteiger partial charge on any atom is -0.486 e. The third kappa shape index (κ3) is 4.42. The first-order valence-electron chi connectivity index (χ1n) is 10.4. The van der Waals surface area contributed by atoms with E-state index in [-0.39, 0.29) is 41.9 Å². The highest BCUT2D eigenvalue weighted by atomic mass is 32.2. The molecule has 4 rings (SSSR count). The molecule has 0 unspecified atom stereocenters. The minimum absolute atomic E-state index is 0.0112. The molecule has 0 spiro atoms. The summed E-state index contributed by atoms with van der Waals surface area (Å²) in [6, 6.07) is 11.5. The van der Waals surface area contributed by atoms with Gasteiger partial charge in [-0.2, -0.15) is 4.31 Å². The van der Waals surface area contributed by atoms with Gasteiger partial charge in [0, 0.05) is 37.3 Å². The highest BCUT2D eigenvalue weighted by Crippen LogP contribution is 2.34. The number of sulfonamides is 1. The molecular weight excluding hydrogens is 434 g/mol. The van der Waals surface area contributed by atoms with E-state index in [1.165, 1.54) is 12.1 Å². The van der Waals surface area contributed by atoms with Gasteiger partial charge in [-0.25, -0.2) is 8.42 Å². The molecule has 2 aromatic rings. The number of benzene rings is 2. The Morgan fingerprint density at radius 3 is 2.72 bits per heavy atom. The molecule has 2 heterocycles. The van der Waals surface area contributed by atoms with Crippen molar-refractivity contribution in [2.24, 2.45) is 0 Å². The zero-order chi connectivity index (χ0) is 22.7. The number of nitrogens with one attached hydrogen (secondary N) is 1. The Labute approximate surface area is 187 Å². The van der Waals surface area contributed by atoms with Crippen LogP contribution in [0, 0.1) is 0 Å². The number of hydrogen-bond acceptors (Lipinski definition) is 6. The molecule has 2 aliphatic rings. The molecule has 9 nitrogen and oxygen atoms in total. The quantitative estimate of drug-likeness (QED) is 0.697. The van der Waals surface area contributed by atoms with E-state index in [0.717, 1.165) is 9.87 Å². The van der Waals surface area contributed by atoms with Gasteiger partial charge in [0.25, 0.3) is 5.91 Å². The van der Waals surface area contributed by atoms with Gasteiger partial charge in [0.1, 0.15) is 13.2 Å². The van der Waals surface area contributed by atoms with E-state index >= 15 is 0 Å². The number of nitrogens with zero attached hydrogens (tertiary/aromatic N) is 2. The number of fused-ring (bicyclic) bond motifs is 1. The summed E-state index contributed by atoms with van der Waals surface area (Å²) >= 11 is 0. The molecule has 10 heteroatoms. The van der Waals surface area contributed by atoms with E-state index in [0.29, 0.717) is 37.8 Å². The lowest BCUT2D eigenvalue weighted by molar-refractivity contribution is -0.122. The van der Waals surface area contributed by atoms with Gasteiger partial charge in [-0.05, 0) is 31.2 Å². The summed E-state index contributed by atoms with van der Waals surface area (Å²) in [5.74, 6) is 0.637. The Balaban J connectivity index is 1.57. The fraction of sp³-hybridized carbons (Fsp3) is 0.364. The lowest BCUT2D eigenvalue weighted by Crippen LogP contribution is -2.49. The Morgan fingerprint density at radius 1 is 1.16 bits per heavy atom. The lowest BCUT2D eigenvalue weighted by Gasteiger charge is -2.27. The molecule has 0 radical (unpaired) electrons. The summed E-state index contributed by atoms with van der Waals surface area (Å²) in [6.07, 6.45) is 0. The maximum Gasteiger partial charge on any atom is 0.254 e. The fourth-order valence-corrected chi connectivity index (χ4v) is 5.18. The van der Waals surface area contributed by atoms with Gasteiger partial charge in [0.2, 0.25) is 15.9 Å². The first kappa shape index (κ1) is 22.1. The molecule has 170 valence electrons. The number of carbonyl (C=O) groups excluding carboxylic acids is 2. The van der Waals surface area contributed by atoms with Crippen LogP contribution in [-0.2, 0) is 21.4 Å². The number of para-hydroxylation sites is 1. The number of hydrogen-bond donors (Lipinski definition) is 1. The van der Waals surface area contributed by atoms with Crippen LogP contribution in [0.15, 0.2) is 47.4 Å². The van der Waals surface area contributed by atoms with E-state index in [4.69, 9.17) is 9.47 Å².